The van der Waals surface area contributed by atoms with Crippen LogP contribution in [0, 0.1) is 17.8 Å². The number of hydrogen-bond donors (Lipinski definition) is 13. The van der Waals surface area contributed by atoms with Crippen molar-refractivity contribution in [3.63, 3.8) is 0 Å². The van der Waals surface area contributed by atoms with Crippen LogP contribution in [0.1, 0.15) is 256 Å². The van der Waals surface area contributed by atoms with Crippen LogP contribution in [0.4, 0.5) is 14.4 Å². The van der Waals surface area contributed by atoms with Crippen molar-refractivity contribution in [1.82, 2.24) is 37.2 Å². The van der Waals surface area contributed by atoms with E-state index in [1.165, 1.54) is 32.1 Å². The van der Waals surface area contributed by atoms with Gasteiger partial charge in [-0.2, -0.15) is 0 Å². The lowest BCUT2D eigenvalue weighted by molar-refractivity contribution is -0.152. The Morgan fingerprint density at radius 2 is 0.723 bits per heavy atom. The lowest BCUT2D eigenvalue weighted by Crippen LogP contribution is -2.44. The molecule has 30 nitrogen and oxygen atoms in total. The molecule has 6 aromatic carbocycles. The third-order valence-electron chi connectivity index (χ3n) is 20.2. The van der Waals surface area contributed by atoms with Crippen molar-refractivity contribution < 1.29 is 96.6 Å². The Bertz CT molecular complexity index is 4260. The summed E-state index contributed by atoms with van der Waals surface area (Å²) in [6.07, 6.45) is 14.1. The first-order valence-electron chi connectivity index (χ1n) is 48.1. The van der Waals surface area contributed by atoms with E-state index < -0.39 is 83.9 Å². The molecule has 137 heavy (non-hydrogen) atoms. The minimum Gasteiger partial charge on any atom is -0.481 e. The summed E-state index contributed by atoms with van der Waals surface area (Å²) in [4.78, 5) is 156. The average Bonchev–Trinajstić information content (AvgIpc) is 1.07. The Labute approximate surface area is 827 Å². The number of ketones is 3. The molecule has 7 rings (SSSR count). The molecule has 6 atom stereocenters. The number of benzene rings is 6. The van der Waals surface area contributed by atoms with Crippen molar-refractivity contribution >= 4 is 112 Å². The molecule has 6 aromatic rings. The van der Waals surface area contributed by atoms with Crippen LogP contribution in [0.3, 0.4) is 0 Å². The number of ether oxygens (including phenoxy) is 4. The Hall–Kier alpha value is -10.7. The number of unbranched alkanes of at least 4 members (excludes halogenated alkanes) is 8. The molecule has 0 bridgehead atoms. The zero-order chi connectivity index (χ0) is 103. The van der Waals surface area contributed by atoms with Gasteiger partial charge in [-0.1, -0.05) is 287 Å². The number of aliphatic carboxylic acids is 2. The second kappa shape index (κ2) is 85.7. The number of esters is 2. The molecule has 1 aliphatic rings. The van der Waals surface area contributed by atoms with Crippen molar-refractivity contribution in [3.05, 3.63) is 212 Å². The Morgan fingerprint density at radius 3 is 1.04 bits per heavy atom. The molecule has 33 heteroatoms. The highest BCUT2D eigenvalue weighted by molar-refractivity contribution is 6.32. The minimum absolute atomic E-state index is 0.0268. The molecule has 6 amide bonds. The number of alkyl carbamates (subject to hydrolysis) is 3. The molecule has 1 fully saturated rings. The van der Waals surface area contributed by atoms with E-state index >= 15 is 0 Å². The Balaban J connectivity index is 0. The molecule has 0 aromatic heterocycles. The van der Waals surface area contributed by atoms with Crippen LogP contribution in [0.25, 0.3) is 0 Å². The monoisotopic (exact) mass is 1970 g/mol. The predicted molar refractivity (Wildman–Crippen MR) is 542 cm³/mol. The van der Waals surface area contributed by atoms with E-state index in [1.54, 1.807) is 68.6 Å². The molecule has 0 saturated carbocycles. The van der Waals surface area contributed by atoms with E-state index in [1.807, 2.05) is 144 Å². The maximum absolute atomic E-state index is 13.5. The van der Waals surface area contributed by atoms with Gasteiger partial charge in [0.1, 0.15) is 19.8 Å². The molecule has 1 saturated heterocycles. The minimum atomic E-state index is -1.10. The number of nitrogens with one attached hydrogen (secondary N) is 7. The first kappa shape index (κ1) is 128. The largest absolute Gasteiger partial charge is 0.481 e. The third-order valence-corrected chi connectivity index (χ3v) is 21.3. The number of aliphatic hydroxyl groups is 1. The number of aliphatic hydroxyl groups excluding tert-OH is 1. The van der Waals surface area contributed by atoms with E-state index in [0.717, 1.165) is 66.6 Å². The van der Waals surface area contributed by atoms with Gasteiger partial charge in [-0.3, -0.25) is 47.9 Å². The Kier molecular flexibility index (Phi) is 80.3. The molecule has 764 valence electrons. The van der Waals surface area contributed by atoms with Crippen LogP contribution in [-0.2, 0) is 106 Å². The summed E-state index contributed by atoms with van der Waals surface area (Å²) in [5.41, 5.74) is 21.5. The summed E-state index contributed by atoms with van der Waals surface area (Å²) in [6, 6.07) is 47.8. The maximum atomic E-state index is 13.5. The SMILES string of the molecule is CC.CC.CCCCCN.CCCCN.CCCCNC(=O)C(CCCCNC(=O)OCc1ccccc1Cl)CC(=O)C(Cc1ccccc1)NC(=O)CCC(=O)O.CCCCNC(=O)C(CCCCNC(=O)OCc1ccccc1Cl)CC(=O)C(N)Cc1ccccc1.CCO.CNC(Cc1ccccc1)C(=O)CC(CCCCNC(=O)OCc1ccccc1Cl)C(=O)O.O=C1CCC(=O)O1. The Morgan fingerprint density at radius 1 is 0.401 bits per heavy atom. The van der Waals surface area contributed by atoms with Gasteiger partial charge in [-0.25, -0.2) is 14.4 Å². The van der Waals surface area contributed by atoms with Gasteiger partial charge in [0.05, 0.1) is 43.3 Å². The fraction of sp³-hybridized carbons (Fsp3) is 0.529. The fourth-order valence-corrected chi connectivity index (χ4v) is 13.1. The predicted octanol–water partition coefficient (Wildman–Crippen LogP) is 17.6. The zero-order valence-corrected chi connectivity index (χ0v) is 84.5. The molecule has 16 N–H and O–H groups in total. The van der Waals surface area contributed by atoms with Crippen LogP contribution < -0.4 is 54.4 Å². The van der Waals surface area contributed by atoms with Crippen molar-refractivity contribution in [2.75, 3.05) is 59.5 Å². The number of rotatable bonds is 55. The summed E-state index contributed by atoms with van der Waals surface area (Å²) in [5.74, 6) is -6.11. The van der Waals surface area contributed by atoms with Gasteiger partial charge in [0.15, 0.2) is 17.3 Å². The van der Waals surface area contributed by atoms with E-state index in [-0.39, 0.29) is 107 Å². The van der Waals surface area contributed by atoms with Gasteiger partial charge in [-0.15, -0.1) is 0 Å². The number of nitrogens with two attached hydrogens (primary N) is 3. The van der Waals surface area contributed by atoms with Crippen molar-refractivity contribution in [3.8, 4) is 0 Å². The quantitative estimate of drug-likeness (QED) is 0.00730. The molecule has 1 heterocycles. The fourth-order valence-electron chi connectivity index (χ4n) is 12.6. The number of amides is 6. The highest BCUT2D eigenvalue weighted by Gasteiger charge is 2.30. The second-order valence-electron chi connectivity index (χ2n) is 31.3. The number of hydrogen-bond acceptors (Lipinski definition) is 22. The van der Waals surface area contributed by atoms with E-state index in [4.69, 9.17) is 76.4 Å². The van der Waals surface area contributed by atoms with Gasteiger partial charge >= 0.3 is 42.2 Å². The maximum Gasteiger partial charge on any atom is 0.407 e. The first-order valence-corrected chi connectivity index (χ1v) is 49.3. The number of carbonyl (C=O) groups excluding carboxylic acids is 11. The summed E-state index contributed by atoms with van der Waals surface area (Å²) in [6.45, 7) is 22.4. The average molecular weight is 1970 g/mol. The molecular formula is C104H157Cl3N10O20. The van der Waals surface area contributed by atoms with Crippen molar-refractivity contribution in [2.24, 2.45) is 35.0 Å². The highest BCUT2D eigenvalue weighted by Crippen LogP contribution is 2.23. The van der Waals surface area contributed by atoms with Gasteiger partial charge in [0.25, 0.3) is 0 Å². The van der Waals surface area contributed by atoms with E-state index in [9.17, 15) is 67.4 Å². The number of likely N-dealkylation sites (N-methyl/N-ethyl adjacent to an activating group) is 1. The van der Waals surface area contributed by atoms with Gasteiger partial charge < -0.3 is 88.7 Å². The lowest BCUT2D eigenvalue weighted by Gasteiger charge is -2.22. The molecule has 0 aliphatic carbocycles. The van der Waals surface area contributed by atoms with Crippen LogP contribution in [0.5, 0.6) is 0 Å². The highest BCUT2D eigenvalue weighted by atomic mass is 35.5. The number of carboxylic acid groups (broad SMARTS) is 2. The zero-order valence-electron chi connectivity index (χ0n) is 82.3. The molecule has 0 spiro atoms. The molecule has 1 aliphatic heterocycles. The third kappa shape index (κ3) is 67.3. The number of carbonyl (C=O) groups is 13. The van der Waals surface area contributed by atoms with Crippen LogP contribution in [0.2, 0.25) is 15.1 Å². The number of halogens is 3. The molecule has 0 radical (unpaired) electrons. The van der Waals surface area contributed by atoms with Crippen LogP contribution >= 0.6 is 34.8 Å². The van der Waals surface area contributed by atoms with Gasteiger partial charge in [0.2, 0.25) is 17.7 Å². The van der Waals surface area contributed by atoms with E-state index in [2.05, 4.69) is 62.7 Å². The topological polar surface area (TPSA) is 482 Å². The van der Waals surface area contributed by atoms with E-state index in [0.29, 0.717) is 124 Å². The standard InChI is InChI=1S/C32H42ClN3O7.C28H38ClN3O4.C25H31ClN2O5.C5H13N.C4H11N.C4H4O3.C2H6O.2C2H6/c1-2-3-18-34-31(41)24(13-9-10-19-35-32(42)43-22-25-14-7-8-15-26(25)33)21-28(37)27(20-23-11-5-4-6-12-23)36-29(38)16-17-30(39)40;1-2-3-16-31-27(34)22(19-26(33)25(30)18-21-11-5-4-6-12-21)13-9-10-17-32-28(35)36-20-23-14-7-8-15-24(23)29;1-27-22(15-18-9-3-2-4-10-18)23(29)16-19(24(30)31)11-7-8-14-28-25(32)33-17-20-12-5-6-13-21(20)26;1-2-3-4-5-6;1-2-3-4-5;5-3-1-2-4(6)7-3;1-2-3;2*1-2/h4-8,11-12,14-15,24,27H,2-3,9-10,13,16-22H2,1H3,(H,34,41)(H,35,42)(H,36,38)(H,39,40);4-8,11-12,14-15,22,25H,2-3,9-10,13,16-20,30H2,1H3,(H,31,34)(H,32,35);2-6,9-10,12-13,19,22,27H,7-8,11,14-17H2,1H3,(H,28,32)(H,30,31);2-6H2,1H3;2-5H2,1H3;1-2H2;3H,2H2,1H3;2*1-2H3. The van der Waals surface area contributed by atoms with Crippen LogP contribution in [-0.4, -0.2) is 170 Å². The second-order valence-corrected chi connectivity index (χ2v) is 32.6. The van der Waals surface area contributed by atoms with Gasteiger partial charge in [0, 0.05) is 109 Å². The number of cyclic esters (lactones) is 2. The summed E-state index contributed by atoms with van der Waals surface area (Å²) < 4.78 is 19.6. The summed E-state index contributed by atoms with van der Waals surface area (Å²) in [7, 11) is 1.71. The number of carboxylic acids is 2. The van der Waals surface area contributed by atoms with Gasteiger partial charge in [-0.05, 0) is 145 Å². The molecule has 6 unspecified atom stereocenters. The smallest absolute Gasteiger partial charge is 0.407 e. The van der Waals surface area contributed by atoms with Crippen molar-refractivity contribution in [2.45, 2.75) is 280 Å². The summed E-state index contributed by atoms with van der Waals surface area (Å²) >= 11 is 18.2. The lowest BCUT2D eigenvalue weighted by atomic mass is 9.90. The number of Topliss-reactive ketones (excluding diaryl/α,β-unsaturated/α-hetero) is 3. The molecular weight excluding hydrogens is 1820 g/mol. The van der Waals surface area contributed by atoms with Crippen molar-refractivity contribution in [1.29, 1.82) is 0 Å². The van der Waals surface area contributed by atoms with Crippen LogP contribution in [0.15, 0.2) is 164 Å². The normalized spacial score (nSPS) is 12.0. The first-order chi connectivity index (χ1) is 66.0. The summed E-state index contributed by atoms with van der Waals surface area (Å²) in [5, 5.41) is 47.2.